The fourth-order valence-electron chi connectivity index (χ4n) is 1.79. The van der Waals surface area contributed by atoms with Gasteiger partial charge in [-0.15, -0.1) is 0 Å². The van der Waals surface area contributed by atoms with Gasteiger partial charge in [-0.25, -0.2) is 4.98 Å². The van der Waals surface area contributed by atoms with Crippen LogP contribution >= 0.6 is 11.8 Å². The SMILES string of the molecule is CCNc1cc(Oc2ccc(C)cc2OC)nc(SC)n1. The van der Waals surface area contributed by atoms with E-state index in [1.807, 2.05) is 38.3 Å². The van der Waals surface area contributed by atoms with E-state index >= 15 is 0 Å². The number of anilines is 1. The number of rotatable bonds is 6. The maximum Gasteiger partial charge on any atom is 0.225 e. The van der Waals surface area contributed by atoms with Crippen LogP contribution in [0.25, 0.3) is 0 Å². The topological polar surface area (TPSA) is 56.3 Å². The Labute approximate surface area is 129 Å². The number of methoxy groups -OCH3 is 1. The zero-order chi connectivity index (χ0) is 15.2. The van der Waals surface area contributed by atoms with Crippen molar-refractivity contribution >= 4 is 17.6 Å². The summed E-state index contributed by atoms with van der Waals surface area (Å²) in [6, 6.07) is 7.56. The van der Waals surface area contributed by atoms with Crippen LogP contribution in [0.2, 0.25) is 0 Å². The highest BCUT2D eigenvalue weighted by Crippen LogP contribution is 2.32. The van der Waals surface area contributed by atoms with Crippen molar-refractivity contribution in [2.45, 2.75) is 19.0 Å². The number of thioether (sulfide) groups is 1. The van der Waals surface area contributed by atoms with E-state index in [0.717, 1.165) is 17.9 Å². The van der Waals surface area contributed by atoms with Crippen molar-refractivity contribution in [3.63, 3.8) is 0 Å². The third-order valence-electron chi connectivity index (χ3n) is 2.76. The molecule has 1 heterocycles. The first-order chi connectivity index (χ1) is 10.2. The molecule has 0 fully saturated rings. The Balaban J connectivity index is 2.32. The summed E-state index contributed by atoms with van der Waals surface area (Å²) in [6.07, 6.45) is 1.93. The van der Waals surface area contributed by atoms with Gasteiger partial charge >= 0.3 is 0 Å². The molecular formula is C15H19N3O2S. The molecule has 0 aliphatic carbocycles. The number of nitrogens with one attached hydrogen (secondary N) is 1. The summed E-state index contributed by atoms with van der Waals surface area (Å²) in [5.41, 5.74) is 1.11. The van der Waals surface area contributed by atoms with E-state index in [4.69, 9.17) is 9.47 Å². The largest absolute Gasteiger partial charge is 0.493 e. The molecule has 0 unspecified atom stereocenters. The predicted octanol–water partition coefficient (Wildman–Crippen LogP) is 3.74. The van der Waals surface area contributed by atoms with Crippen LogP contribution in [0.4, 0.5) is 5.82 Å². The number of aryl methyl sites for hydroxylation is 1. The first-order valence-corrected chi connectivity index (χ1v) is 7.88. The van der Waals surface area contributed by atoms with Crippen LogP contribution < -0.4 is 14.8 Å². The maximum atomic E-state index is 5.86. The molecular weight excluding hydrogens is 286 g/mol. The molecule has 0 saturated heterocycles. The van der Waals surface area contributed by atoms with Crippen LogP contribution in [0.5, 0.6) is 17.4 Å². The molecule has 0 aliphatic heterocycles. The fourth-order valence-corrected chi connectivity index (χ4v) is 2.16. The monoisotopic (exact) mass is 305 g/mol. The summed E-state index contributed by atoms with van der Waals surface area (Å²) >= 11 is 1.47. The summed E-state index contributed by atoms with van der Waals surface area (Å²) < 4.78 is 11.2. The van der Waals surface area contributed by atoms with Gasteiger partial charge in [0.2, 0.25) is 5.88 Å². The number of aromatic nitrogens is 2. The minimum atomic E-state index is 0.493. The smallest absolute Gasteiger partial charge is 0.225 e. The van der Waals surface area contributed by atoms with Crippen LogP contribution in [-0.2, 0) is 0 Å². The lowest BCUT2D eigenvalue weighted by Gasteiger charge is -2.12. The number of hydrogen-bond acceptors (Lipinski definition) is 6. The summed E-state index contributed by atoms with van der Waals surface area (Å²) in [7, 11) is 1.62. The molecule has 5 nitrogen and oxygen atoms in total. The summed E-state index contributed by atoms with van der Waals surface area (Å²) in [5, 5.41) is 3.83. The molecule has 6 heteroatoms. The Morgan fingerprint density at radius 1 is 1.19 bits per heavy atom. The molecule has 21 heavy (non-hydrogen) atoms. The maximum absolute atomic E-state index is 5.86. The molecule has 1 N–H and O–H groups in total. The van der Waals surface area contributed by atoms with Crippen LogP contribution in [0.15, 0.2) is 29.4 Å². The second-order valence-electron chi connectivity index (χ2n) is 4.36. The normalized spacial score (nSPS) is 10.3. The average Bonchev–Trinajstić information content (AvgIpc) is 2.49. The summed E-state index contributed by atoms with van der Waals surface area (Å²) in [6.45, 7) is 4.81. The standard InChI is InChI=1S/C15H19N3O2S/c1-5-16-13-9-14(18-15(17-13)21-4)20-11-7-6-10(2)8-12(11)19-3/h6-9H,5H2,1-4H3,(H,16,17,18). The molecule has 0 radical (unpaired) electrons. The second-order valence-corrected chi connectivity index (χ2v) is 5.14. The van der Waals surface area contributed by atoms with E-state index < -0.39 is 0 Å². The van der Waals surface area contributed by atoms with Crippen molar-refractivity contribution in [2.24, 2.45) is 0 Å². The van der Waals surface area contributed by atoms with Crippen LogP contribution in [0.3, 0.4) is 0 Å². The first kappa shape index (κ1) is 15.4. The van der Waals surface area contributed by atoms with Gasteiger partial charge in [0, 0.05) is 12.6 Å². The zero-order valence-corrected chi connectivity index (χ0v) is 13.5. The van der Waals surface area contributed by atoms with Crippen molar-refractivity contribution in [2.75, 3.05) is 25.2 Å². The van der Waals surface area contributed by atoms with Crippen molar-refractivity contribution in [3.05, 3.63) is 29.8 Å². The molecule has 2 aromatic rings. The Morgan fingerprint density at radius 3 is 2.67 bits per heavy atom. The number of benzene rings is 1. The van der Waals surface area contributed by atoms with Crippen molar-refractivity contribution in [3.8, 4) is 17.4 Å². The number of ether oxygens (including phenoxy) is 2. The summed E-state index contributed by atoms with van der Waals surface area (Å²) in [4.78, 5) is 8.73. The highest BCUT2D eigenvalue weighted by atomic mass is 32.2. The summed E-state index contributed by atoms with van der Waals surface area (Å²) in [5.74, 6) is 2.56. The van der Waals surface area contributed by atoms with Gasteiger partial charge in [0.1, 0.15) is 5.82 Å². The van der Waals surface area contributed by atoms with Gasteiger partial charge in [-0.3, -0.25) is 0 Å². The average molecular weight is 305 g/mol. The molecule has 0 saturated carbocycles. The Morgan fingerprint density at radius 2 is 2.00 bits per heavy atom. The Hall–Kier alpha value is -1.95. The van der Waals surface area contributed by atoms with Crippen LogP contribution in [0.1, 0.15) is 12.5 Å². The minimum Gasteiger partial charge on any atom is -0.493 e. The minimum absolute atomic E-state index is 0.493. The lowest BCUT2D eigenvalue weighted by molar-refractivity contribution is 0.372. The van der Waals surface area contributed by atoms with Gasteiger partial charge in [-0.1, -0.05) is 17.8 Å². The molecule has 0 bridgehead atoms. The van der Waals surface area contributed by atoms with E-state index in [9.17, 15) is 0 Å². The van der Waals surface area contributed by atoms with E-state index in [1.54, 1.807) is 13.2 Å². The fraction of sp³-hybridized carbons (Fsp3) is 0.333. The van der Waals surface area contributed by atoms with Crippen LogP contribution in [0, 0.1) is 6.92 Å². The highest BCUT2D eigenvalue weighted by molar-refractivity contribution is 7.98. The van der Waals surface area contributed by atoms with E-state index in [2.05, 4.69) is 15.3 Å². The van der Waals surface area contributed by atoms with Gasteiger partial charge in [-0.05, 0) is 37.8 Å². The van der Waals surface area contributed by atoms with Crippen molar-refractivity contribution < 1.29 is 9.47 Å². The van der Waals surface area contributed by atoms with E-state index in [1.165, 1.54) is 11.8 Å². The van der Waals surface area contributed by atoms with Crippen LogP contribution in [-0.4, -0.2) is 29.9 Å². The van der Waals surface area contributed by atoms with E-state index in [-0.39, 0.29) is 0 Å². The molecule has 0 amide bonds. The van der Waals surface area contributed by atoms with Crippen molar-refractivity contribution in [1.29, 1.82) is 0 Å². The van der Waals surface area contributed by atoms with Gasteiger partial charge < -0.3 is 14.8 Å². The number of nitrogens with zero attached hydrogens (tertiary/aromatic N) is 2. The van der Waals surface area contributed by atoms with Crippen molar-refractivity contribution in [1.82, 2.24) is 9.97 Å². The predicted molar refractivity (Wildman–Crippen MR) is 85.8 cm³/mol. The molecule has 0 aliphatic rings. The number of hydrogen-bond donors (Lipinski definition) is 1. The van der Waals surface area contributed by atoms with Gasteiger partial charge in [0.25, 0.3) is 0 Å². The molecule has 2 rings (SSSR count). The van der Waals surface area contributed by atoms with Gasteiger partial charge in [0.15, 0.2) is 16.7 Å². The third kappa shape index (κ3) is 4.01. The van der Waals surface area contributed by atoms with Gasteiger partial charge in [-0.2, -0.15) is 4.98 Å². The third-order valence-corrected chi connectivity index (χ3v) is 3.30. The second kappa shape index (κ2) is 7.17. The van der Waals surface area contributed by atoms with Gasteiger partial charge in [0.05, 0.1) is 7.11 Å². The molecule has 0 spiro atoms. The highest BCUT2D eigenvalue weighted by Gasteiger charge is 2.09. The first-order valence-electron chi connectivity index (χ1n) is 6.65. The Bertz CT molecular complexity index is 620. The Kier molecular flexibility index (Phi) is 5.27. The lowest BCUT2D eigenvalue weighted by atomic mass is 10.2. The zero-order valence-electron chi connectivity index (χ0n) is 12.6. The van der Waals surface area contributed by atoms with E-state index in [0.29, 0.717) is 22.5 Å². The quantitative estimate of drug-likeness (QED) is 0.648. The molecule has 112 valence electrons. The lowest BCUT2D eigenvalue weighted by Crippen LogP contribution is -2.02. The molecule has 1 aromatic heterocycles. The molecule has 1 aromatic carbocycles. The molecule has 0 atom stereocenters.